The summed E-state index contributed by atoms with van der Waals surface area (Å²) in [7, 11) is 0. The highest BCUT2D eigenvalue weighted by Crippen LogP contribution is 2.25. The van der Waals surface area contributed by atoms with Crippen LogP contribution in [0.4, 0.5) is 10.5 Å². The van der Waals surface area contributed by atoms with Crippen LogP contribution in [0.5, 0.6) is 0 Å². The Balaban J connectivity index is 2.48. The van der Waals surface area contributed by atoms with Crippen molar-refractivity contribution in [1.82, 2.24) is 5.32 Å². The molecule has 1 aromatic rings. The maximum Gasteiger partial charge on any atom is 0.319 e. The van der Waals surface area contributed by atoms with Gasteiger partial charge in [0.2, 0.25) is 0 Å². The zero-order chi connectivity index (χ0) is 8.55. The van der Waals surface area contributed by atoms with Crippen molar-refractivity contribution in [3.8, 4) is 0 Å². The predicted octanol–water partition coefficient (Wildman–Crippen LogP) is 1.98. The van der Waals surface area contributed by atoms with Gasteiger partial charge in [-0.15, -0.1) is 0 Å². The molecule has 0 saturated carbocycles. The molecule has 2 N–H and O–H groups in total. The van der Waals surface area contributed by atoms with Gasteiger partial charge in [0.25, 0.3) is 0 Å². The fraction of sp³-hybridized carbons (Fsp3) is 0.125. The lowest BCUT2D eigenvalue weighted by Gasteiger charge is -2.18. The van der Waals surface area contributed by atoms with Gasteiger partial charge in [-0.3, -0.25) is 0 Å². The van der Waals surface area contributed by atoms with E-state index < -0.39 is 0 Å². The van der Waals surface area contributed by atoms with E-state index in [1.165, 1.54) is 0 Å². The monoisotopic (exact) mass is 182 g/mol. The van der Waals surface area contributed by atoms with Crippen molar-refractivity contribution >= 4 is 23.3 Å². The van der Waals surface area contributed by atoms with E-state index in [-0.39, 0.29) is 6.03 Å². The highest BCUT2D eigenvalue weighted by molar-refractivity contribution is 6.32. The summed E-state index contributed by atoms with van der Waals surface area (Å²) in [6, 6.07) is 5.27. The van der Waals surface area contributed by atoms with Crippen LogP contribution in [0.15, 0.2) is 18.2 Å². The summed E-state index contributed by atoms with van der Waals surface area (Å²) in [6.07, 6.45) is 0. The Bertz CT molecular complexity index is 338. The summed E-state index contributed by atoms with van der Waals surface area (Å²) in [5, 5.41) is 5.99. The zero-order valence-electron chi connectivity index (χ0n) is 6.23. The van der Waals surface area contributed by atoms with Gasteiger partial charge >= 0.3 is 6.03 Å². The van der Waals surface area contributed by atoms with Crippen LogP contribution in [0, 0.1) is 0 Å². The maximum absolute atomic E-state index is 10.9. The molecule has 62 valence electrons. The van der Waals surface area contributed by atoms with Gasteiger partial charge < -0.3 is 10.6 Å². The first-order valence-corrected chi connectivity index (χ1v) is 3.97. The first-order valence-electron chi connectivity index (χ1n) is 3.59. The van der Waals surface area contributed by atoms with E-state index in [1.54, 1.807) is 6.07 Å². The highest BCUT2D eigenvalue weighted by atomic mass is 35.5. The van der Waals surface area contributed by atoms with Crippen LogP contribution in [0.25, 0.3) is 0 Å². The summed E-state index contributed by atoms with van der Waals surface area (Å²) in [4.78, 5) is 10.9. The summed E-state index contributed by atoms with van der Waals surface area (Å²) in [5.74, 6) is 0. The van der Waals surface area contributed by atoms with E-state index in [2.05, 4.69) is 10.6 Å². The number of nitrogens with one attached hydrogen (secondary N) is 2. The van der Waals surface area contributed by atoms with Gasteiger partial charge in [-0.25, -0.2) is 4.79 Å². The van der Waals surface area contributed by atoms with Crippen LogP contribution < -0.4 is 10.6 Å². The molecule has 2 amide bonds. The average Bonchev–Trinajstić information content (AvgIpc) is 2.04. The summed E-state index contributed by atoms with van der Waals surface area (Å²) < 4.78 is 0. The molecule has 1 aromatic carbocycles. The lowest BCUT2D eigenvalue weighted by molar-refractivity contribution is 0.251. The summed E-state index contributed by atoms with van der Waals surface area (Å²) in [5.41, 5.74) is 1.74. The first kappa shape index (κ1) is 7.43. The van der Waals surface area contributed by atoms with Crippen LogP contribution in [0.2, 0.25) is 5.02 Å². The molecule has 0 atom stereocenters. The van der Waals surface area contributed by atoms with E-state index in [1.807, 2.05) is 12.1 Å². The minimum atomic E-state index is -0.176. The Hall–Kier alpha value is -1.22. The molecule has 0 fully saturated rings. The number of halogens is 1. The van der Waals surface area contributed by atoms with Gasteiger partial charge in [0, 0.05) is 22.8 Å². The van der Waals surface area contributed by atoms with Crippen LogP contribution in [-0.4, -0.2) is 6.03 Å². The third-order valence-electron chi connectivity index (χ3n) is 1.79. The molecular formula is C8H7ClN2O. The summed E-state index contributed by atoms with van der Waals surface area (Å²) in [6.45, 7) is 0.501. The Morgan fingerprint density at radius 1 is 1.42 bits per heavy atom. The number of fused-ring (bicyclic) bond motifs is 1. The van der Waals surface area contributed by atoms with E-state index in [9.17, 15) is 4.79 Å². The Morgan fingerprint density at radius 3 is 3.08 bits per heavy atom. The Labute approximate surface area is 74.7 Å². The van der Waals surface area contributed by atoms with E-state index in [4.69, 9.17) is 11.6 Å². The van der Waals surface area contributed by atoms with Crippen molar-refractivity contribution in [2.45, 2.75) is 6.54 Å². The van der Waals surface area contributed by atoms with E-state index in [0.717, 1.165) is 11.3 Å². The van der Waals surface area contributed by atoms with Crippen molar-refractivity contribution in [2.24, 2.45) is 0 Å². The molecule has 0 radical (unpaired) electrons. The normalized spacial score (nSPS) is 14.6. The second kappa shape index (κ2) is 2.68. The van der Waals surface area contributed by atoms with Crippen LogP contribution in [0.1, 0.15) is 5.56 Å². The largest absolute Gasteiger partial charge is 0.334 e. The molecule has 12 heavy (non-hydrogen) atoms. The molecule has 0 unspecified atom stereocenters. The minimum absolute atomic E-state index is 0.176. The zero-order valence-corrected chi connectivity index (χ0v) is 6.98. The fourth-order valence-corrected chi connectivity index (χ4v) is 1.43. The maximum atomic E-state index is 10.9. The number of amides is 2. The number of rotatable bonds is 0. The quantitative estimate of drug-likeness (QED) is 0.633. The van der Waals surface area contributed by atoms with Gasteiger partial charge in [0.1, 0.15) is 0 Å². The van der Waals surface area contributed by atoms with Crippen LogP contribution in [-0.2, 0) is 6.54 Å². The number of carbonyl (C=O) groups excluding carboxylic acids is 1. The third-order valence-corrected chi connectivity index (χ3v) is 2.15. The molecule has 0 aromatic heterocycles. The van der Waals surface area contributed by atoms with Crippen molar-refractivity contribution in [1.29, 1.82) is 0 Å². The lowest BCUT2D eigenvalue weighted by Crippen LogP contribution is -2.33. The minimum Gasteiger partial charge on any atom is -0.334 e. The Kier molecular flexibility index (Phi) is 1.66. The number of anilines is 1. The van der Waals surface area contributed by atoms with Gasteiger partial charge in [-0.2, -0.15) is 0 Å². The first-order chi connectivity index (χ1) is 5.77. The molecule has 0 spiro atoms. The molecule has 2 rings (SSSR count). The second-order valence-electron chi connectivity index (χ2n) is 2.57. The van der Waals surface area contributed by atoms with E-state index >= 15 is 0 Å². The number of carbonyl (C=O) groups is 1. The molecule has 0 saturated heterocycles. The van der Waals surface area contributed by atoms with Gasteiger partial charge in [0.15, 0.2) is 0 Å². The highest BCUT2D eigenvalue weighted by Gasteiger charge is 2.14. The average molecular weight is 183 g/mol. The van der Waals surface area contributed by atoms with Crippen molar-refractivity contribution in [2.75, 3.05) is 5.32 Å². The van der Waals surface area contributed by atoms with Gasteiger partial charge in [-0.05, 0) is 12.1 Å². The molecule has 1 heterocycles. The van der Waals surface area contributed by atoms with E-state index in [0.29, 0.717) is 11.6 Å². The predicted molar refractivity (Wildman–Crippen MR) is 47.3 cm³/mol. The molecule has 0 bridgehead atoms. The molecular weight excluding hydrogens is 176 g/mol. The van der Waals surface area contributed by atoms with Crippen molar-refractivity contribution in [3.05, 3.63) is 28.8 Å². The molecule has 1 aliphatic rings. The van der Waals surface area contributed by atoms with Gasteiger partial charge in [0.05, 0.1) is 0 Å². The molecule has 4 heteroatoms. The van der Waals surface area contributed by atoms with Crippen LogP contribution >= 0.6 is 11.6 Å². The summed E-state index contributed by atoms with van der Waals surface area (Å²) >= 11 is 5.90. The molecule has 3 nitrogen and oxygen atoms in total. The van der Waals surface area contributed by atoms with Crippen molar-refractivity contribution in [3.63, 3.8) is 0 Å². The number of benzene rings is 1. The number of hydrogen-bond acceptors (Lipinski definition) is 1. The standard InChI is InChI=1S/C8H7ClN2O/c9-6-2-1-3-7-5(6)4-10-8(12)11-7/h1-3H,4H2,(H2,10,11,12). The third kappa shape index (κ3) is 1.12. The van der Waals surface area contributed by atoms with Gasteiger partial charge in [-0.1, -0.05) is 17.7 Å². The second-order valence-corrected chi connectivity index (χ2v) is 2.98. The number of hydrogen-bond donors (Lipinski definition) is 2. The smallest absolute Gasteiger partial charge is 0.319 e. The van der Waals surface area contributed by atoms with Crippen molar-refractivity contribution < 1.29 is 4.79 Å². The fourth-order valence-electron chi connectivity index (χ4n) is 1.19. The Morgan fingerprint density at radius 2 is 2.25 bits per heavy atom. The van der Waals surface area contributed by atoms with Crippen LogP contribution in [0.3, 0.4) is 0 Å². The number of urea groups is 1. The molecule has 0 aliphatic carbocycles. The topological polar surface area (TPSA) is 41.1 Å². The lowest BCUT2D eigenvalue weighted by atomic mass is 10.1. The SMILES string of the molecule is O=C1NCc2c(Cl)cccc2N1. The molecule has 1 aliphatic heterocycles.